The lowest BCUT2D eigenvalue weighted by molar-refractivity contribution is 0.601. The number of nitrogens with one attached hydrogen (secondary N) is 2. The van der Waals surface area contributed by atoms with E-state index in [1.807, 2.05) is 12.1 Å². The predicted molar refractivity (Wildman–Crippen MR) is 99.0 cm³/mol. The molecular formula is C18H25N3O2S. The Morgan fingerprint density at radius 2 is 1.71 bits per heavy atom. The molecule has 0 saturated carbocycles. The van der Waals surface area contributed by atoms with E-state index in [4.69, 9.17) is 0 Å². The van der Waals surface area contributed by atoms with E-state index in [0.29, 0.717) is 17.6 Å². The SMILES string of the molecule is CCC(C)Nc1ccc(NS(=O)(=O)c2ccc(C(C)C)cc2)cn1. The number of rotatable bonds is 7. The van der Waals surface area contributed by atoms with Crippen molar-refractivity contribution in [1.82, 2.24) is 4.98 Å². The second-order valence-corrected chi connectivity index (χ2v) is 7.90. The topological polar surface area (TPSA) is 71.1 Å². The minimum atomic E-state index is -3.61. The minimum Gasteiger partial charge on any atom is -0.368 e. The molecule has 0 amide bonds. The van der Waals surface area contributed by atoms with Crippen LogP contribution in [0, 0.1) is 0 Å². The van der Waals surface area contributed by atoms with Crippen molar-refractivity contribution in [3.63, 3.8) is 0 Å². The Morgan fingerprint density at radius 1 is 1.04 bits per heavy atom. The van der Waals surface area contributed by atoms with E-state index in [0.717, 1.165) is 17.8 Å². The van der Waals surface area contributed by atoms with Gasteiger partial charge in [0, 0.05) is 6.04 Å². The van der Waals surface area contributed by atoms with Crippen LogP contribution in [0.5, 0.6) is 0 Å². The van der Waals surface area contributed by atoms with Gasteiger partial charge in [-0.2, -0.15) is 0 Å². The van der Waals surface area contributed by atoms with Crippen molar-refractivity contribution in [3.05, 3.63) is 48.2 Å². The minimum absolute atomic E-state index is 0.244. The van der Waals surface area contributed by atoms with E-state index in [2.05, 4.69) is 42.7 Å². The van der Waals surface area contributed by atoms with E-state index < -0.39 is 10.0 Å². The molecule has 1 aromatic heterocycles. The highest BCUT2D eigenvalue weighted by Crippen LogP contribution is 2.20. The fraction of sp³-hybridized carbons (Fsp3) is 0.389. The second kappa shape index (κ2) is 7.66. The first-order chi connectivity index (χ1) is 11.3. The molecule has 2 rings (SSSR count). The summed E-state index contributed by atoms with van der Waals surface area (Å²) in [4.78, 5) is 4.49. The molecule has 1 unspecified atom stereocenters. The van der Waals surface area contributed by atoms with Crippen molar-refractivity contribution in [2.75, 3.05) is 10.0 Å². The Balaban J connectivity index is 2.11. The molecule has 0 spiro atoms. The number of nitrogens with zero attached hydrogens (tertiary/aromatic N) is 1. The van der Waals surface area contributed by atoms with Gasteiger partial charge in [-0.25, -0.2) is 13.4 Å². The third-order valence-corrected chi connectivity index (χ3v) is 5.28. The number of pyridine rings is 1. The van der Waals surface area contributed by atoms with E-state index in [-0.39, 0.29) is 4.90 Å². The van der Waals surface area contributed by atoms with Crippen LogP contribution in [0.2, 0.25) is 0 Å². The average molecular weight is 347 g/mol. The molecule has 6 heteroatoms. The van der Waals surface area contributed by atoms with Crippen molar-refractivity contribution < 1.29 is 8.42 Å². The first kappa shape index (κ1) is 18.3. The quantitative estimate of drug-likeness (QED) is 0.787. The van der Waals surface area contributed by atoms with E-state index in [9.17, 15) is 8.42 Å². The summed E-state index contributed by atoms with van der Waals surface area (Å²) in [5.74, 6) is 1.10. The van der Waals surface area contributed by atoms with Crippen molar-refractivity contribution in [2.24, 2.45) is 0 Å². The molecule has 1 atom stereocenters. The highest BCUT2D eigenvalue weighted by atomic mass is 32.2. The lowest BCUT2D eigenvalue weighted by Crippen LogP contribution is -2.15. The van der Waals surface area contributed by atoms with Crippen LogP contribution in [-0.2, 0) is 10.0 Å². The molecule has 1 heterocycles. The molecule has 1 aromatic carbocycles. The molecule has 0 aliphatic heterocycles. The van der Waals surface area contributed by atoms with E-state index in [1.165, 1.54) is 6.20 Å². The van der Waals surface area contributed by atoms with Gasteiger partial charge < -0.3 is 5.32 Å². The fourth-order valence-corrected chi connectivity index (χ4v) is 3.18. The zero-order valence-electron chi connectivity index (χ0n) is 14.6. The molecule has 0 fully saturated rings. The number of anilines is 2. The van der Waals surface area contributed by atoms with Crippen LogP contribution in [0.25, 0.3) is 0 Å². The van der Waals surface area contributed by atoms with Gasteiger partial charge in [0.2, 0.25) is 0 Å². The Kier molecular flexibility index (Phi) is 5.83. The summed E-state index contributed by atoms with van der Waals surface area (Å²) in [5, 5.41) is 3.24. The lowest BCUT2D eigenvalue weighted by Gasteiger charge is -2.13. The maximum atomic E-state index is 12.4. The van der Waals surface area contributed by atoms with Crippen LogP contribution in [0.1, 0.15) is 45.6 Å². The van der Waals surface area contributed by atoms with Crippen LogP contribution in [0.3, 0.4) is 0 Å². The number of sulfonamides is 1. The molecule has 24 heavy (non-hydrogen) atoms. The molecular weight excluding hydrogens is 322 g/mol. The second-order valence-electron chi connectivity index (χ2n) is 6.21. The Morgan fingerprint density at radius 3 is 2.21 bits per heavy atom. The standard InChI is InChI=1S/C18H25N3O2S/c1-5-14(4)20-18-11-8-16(12-19-18)21-24(22,23)17-9-6-15(7-10-17)13(2)3/h6-14,21H,5H2,1-4H3,(H,19,20). The van der Waals surface area contributed by atoms with Gasteiger partial charge in [-0.05, 0) is 49.1 Å². The zero-order valence-corrected chi connectivity index (χ0v) is 15.4. The van der Waals surface area contributed by atoms with Crippen molar-refractivity contribution in [2.45, 2.75) is 51.0 Å². The summed E-state index contributed by atoms with van der Waals surface area (Å²) in [6.07, 6.45) is 2.51. The third-order valence-electron chi connectivity index (χ3n) is 3.88. The van der Waals surface area contributed by atoms with Crippen LogP contribution in [0.4, 0.5) is 11.5 Å². The maximum absolute atomic E-state index is 12.4. The fourth-order valence-electron chi connectivity index (χ4n) is 2.14. The monoisotopic (exact) mass is 347 g/mol. The molecule has 0 aliphatic rings. The van der Waals surface area contributed by atoms with Crippen LogP contribution in [-0.4, -0.2) is 19.4 Å². The Hall–Kier alpha value is -2.08. The third kappa shape index (κ3) is 4.71. The lowest BCUT2D eigenvalue weighted by atomic mass is 10.0. The Labute approximate surface area is 144 Å². The van der Waals surface area contributed by atoms with Gasteiger partial charge in [-0.3, -0.25) is 4.72 Å². The summed E-state index contributed by atoms with van der Waals surface area (Å²) in [7, 11) is -3.61. The molecule has 0 bridgehead atoms. The van der Waals surface area contributed by atoms with Gasteiger partial charge >= 0.3 is 0 Å². The van der Waals surface area contributed by atoms with Gasteiger partial charge in [-0.1, -0.05) is 32.9 Å². The number of aromatic nitrogens is 1. The molecule has 2 N–H and O–H groups in total. The van der Waals surface area contributed by atoms with Crippen molar-refractivity contribution in [3.8, 4) is 0 Å². The molecule has 0 saturated heterocycles. The molecule has 0 radical (unpaired) electrons. The van der Waals surface area contributed by atoms with Gasteiger partial charge in [0.15, 0.2) is 0 Å². The molecule has 130 valence electrons. The number of benzene rings is 1. The van der Waals surface area contributed by atoms with Crippen LogP contribution >= 0.6 is 0 Å². The summed E-state index contributed by atoms with van der Waals surface area (Å²) < 4.78 is 27.4. The van der Waals surface area contributed by atoms with Crippen LogP contribution < -0.4 is 10.0 Å². The summed E-state index contributed by atoms with van der Waals surface area (Å²) in [6, 6.07) is 10.7. The van der Waals surface area contributed by atoms with E-state index in [1.54, 1.807) is 24.3 Å². The van der Waals surface area contributed by atoms with Crippen LogP contribution in [0.15, 0.2) is 47.5 Å². The summed E-state index contributed by atoms with van der Waals surface area (Å²) >= 11 is 0. The largest absolute Gasteiger partial charge is 0.368 e. The van der Waals surface area contributed by atoms with Gasteiger partial charge in [0.25, 0.3) is 10.0 Å². The number of hydrogen-bond donors (Lipinski definition) is 2. The number of hydrogen-bond acceptors (Lipinski definition) is 4. The molecule has 0 aliphatic carbocycles. The van der Waals surface area contributed by atoms with Gasteiger partial charge in [0.1, 0.15) is 5.82 Å². The van der Waals surface area contributed by atoms with Crippen molar-refractivity contribution >= 4 is 21.5 Å². The maximum Gasteiger partial charge on any atom is 0.261 e. The molecule has 5 nitrogen and oxygen atoms in total. The highest BCUT2D eigenvalue weighted by molar-refractivity contribution is 7.92. The average Bonchev–Trinajstić information content (AvgIpc) is 2.56. The first-order valence-electron chi connectivity index (χ1n) is 8.17. The first-order valence-corrected chi connectivity index (χ1v) is 9.65. The predicted octanol–water partition coefficient (Wildman–Crippen LogP) is 4.22. The Bertz CT molecular complexity index is 754. The highest BCUT2D eigenvalue weighted by Gasteiger charge is 2.14. The molecule has 2 aromatic rings. The normalized spacial score (nSPS) is 12.9. The van der Waals surface area contributed by atoms with Gasteiger partial charge in [0.05, 0.1) is 16.8 Å². The smallest absolute Gasteiger partial charge is 0.261 e. The summed E-state index contributed by atoms with van der Waals surface area (Å²) in [5.41, 5.74) is 1.55. The zero-order chi connectivity index (χ0) is 17.7. The van der Waals surface area contributed by atoms with Gasteiger partial charge in [-0.15, -0.1) is 0 Å². The van der Waals surface area contributed by atoms with Crippen molar-refractivity contribution in [1.29, 1.82) is 0 Å². The summed E-state index contributed by atoms with van der Waals surface area (Å²) in [6.45, 7) is 8.30. The van der Waals surface area contributed by atoms with E-state index >= 15 is 0 Å².